The van der Waals surface area contributed by atoms with E-state index in [2.05, 4.69) is 20.4 Å². The van der Waals surface area contributed by atoms with Crippen LogP contribution in [0.1, 0.15) is 53.3 Å². The van der Waals surface area contributed by atoms with Gasteiger partial charge in [0, 0.05) is 43.8 Å². The molecule has 148 valence electrons. The number of carbonyl (C=O) groups is 2. The standard InChI is InChI=1S/C20H25N5O3/c1-12-18-15(10-16(13-2-3-13)22-19(18)28-23-12)20(27)25-8-6-24(7-9-25)11-17(26)21-14-4-5-14/h10,13-14H,2-9,11H2,1H3,(H,21,26). The van der Waals surface area contributed by atoms with Gasteiger partial charge in [-0.25, -0.2) is 4.98 Å². The highest BCUT2D eigenvalue weighted by Gasteiger charge is 2.31. The van der Waals surface area contributed by atoms with Gasteiger partial charge in [-0.3, -0.25) is 14.5 Å². The first-order chi connectivity index (χ1) is 13.6. The number of amides is 2. The highest BCUT2D eigenvalue weighted by Crippen LogP contribution is 2.40. The fourth-order valence-electron chi connectivity index (χ4n) is 3.85. The van der Waals surface area contributed by atoms with Gasteiger partial charge in [0.2, 0.25) is 5.91 Å². The van der Waals surface area contributed by atoms with Crippen molar-refractivity contribution < 1.29 is 14.1 Å². The number of aromatic nitrogens is 2. The molecule has 3 fully saturated rings. The Morgan fingerprint density at radius 3 is 2.61 bits per heavy atom. The Labute approximate surface area is 163 Å². The molecule has 2 amide bonds. The zero-order valence-corrected chi connectivity index (χ0v) is 16.1. The van der Waals surface area contributed by atoms with Crippen molar-refractivity contribution in [2.45, 2.75) is 44.6 Å². The fourth-order valence-corrected chi connectivity index (χ4v) is 3.85. The molecule has 1 N–H and O–H groups in total. The number of aryl methyl sites for hydroxylation is 1. The monoisotopic (exact) mass is 383 g/mol. The van der Waals surface area contributed by atoms with Crippen LogP contribution in [0.3, 0.4) is 0 Å². The third kappa shape index (κ3) is 3.48. The SMILES string of the molecule is Cc1noc2nc(C3CC3)cc(C(=O)N3CCN(CC(=O)NC4CC4)CC3)c12. The second kappa shape index (κ2) is 6.84. The van der Waals surface area contributed by atoms with Crippen molar-refractivity contribution in [2.24, 2.45) is 0 Å². The summed E-state index contributed by atoms with van der Waals surface area (Å²) < 4.78 is 5.36. The van der Waals surface area contributed by atoms with Crippen molar-refractivity contribution in [3.05, 3.63) is 23.0 Å². The summed E-state index contributed by atoms with van der Waals surface area (Å²) in [5.74, 6) is 0.526. The Morgan fingerprint density at radius 2 is 1.93 bits per heavy atom. The minimum Gasteiger partial charge on any atom is -0.352 e. The zero-order valence-electron chi connectivity index (χ0n) is 16.1. The number of hydrogen-bond acceptors (Lipinski definition) is 6. The minimum absolute atomic E-state index is 0.00248. The van der Waals surface area contributed by atoms with Crippen LogP contribution in [0.4, 0.5) is 0 Å². The topological polar surface area (TPSA) is 91.6 Å². The van der Waals surface area contributed by atoms with Crippen LogP contribution in [0.25, 0.3) is 11.1 Å². The quantitative estimate of drug-likeness (QED) is 0.840. The molecule has 2 aromatic rings. The van der Waals surface area contributed by atoms with Crippen molar-refractivity contribution in [1.82, 2.24) is 25.3 Å². The van der Waals surface area contributed by atoms with Crippen LogP contribution in [0.15, 0.2) is 10.6 Å². The lowest BCUT2D eigenvalue weighted by molar-refractivity contribution is -0.122. The molecule has 0 atom stereocenters. The van der Waals surface area contributed by atoms with E-state index in [9.17, 15) is 9.59 Å². The van der Waals surface area contributed by atoms with Crippen LogP contribution in [-0.4, -0.2) is 70.5 Å². The molecule has 2 aliphatic carbocycles. The molecule has 0 spiro atoms. The average Bonchev–Trinajstić information content (AvgIpc) is 3.61. The molecule has 0 bridgehead atoms. The van der Waals surface area contributed by atoms with Gasteiger partial charge in [-0.05, 0) is 38.7 Å². The van der Waals surface area contributed by atoms with E-state index in [-0.39, 0.29) is 11.8 Å². The second-order valence-corrected chi connectivity index (χ2v) is 8.23. The first-order valence-corrected chi connectivity index (χ1v) is 10.2. The van der Waals surface area contributed by atoms with E-state index >= 15 is 0 Å². The first-order valence-electron chi connectivity index (χ1n) is 10.2. The average molecular weight is 383 g/mol. The molecule has 1 saturated heterocycles. The largest absolute Gasteiger partial charge is 0.352 e. The molecule has 0 unspecified atom stereocenters. The van der Waals surface area contributed by atoms with Gasteiger partial charge in [0.15, 0.2) is 0 Å². The number of piperazine rings is 1. The number of pyridine rings is 1. The molecule has 3 aliphatic rings. The van der Waals surface area contributed by atoms with E-state index in [1.54, 1.807) is 0 Å². The third-order valence-corrected chi connectivity index (χ3v) is 5.83. The van der Waals surface area contributed by atoms with Gasteiger partial charge in [-0.2, -0.15) is 0 Å². The number of rotatable bonds is 5. The van der Waals surface area contributed by atoms with Crippen molar-refractivity contribution >= 4 is 22.9 Å². The number of hydrogen-bond donors (Lipinski definition) is 1. The molecule has 2 saturated carbocycles. The molecule has 3 heterocycles. The van der Waals surface area contributed by atoms with Gasteiger partial charge in [-0.1, -0.05) is 5.16 Å². The molecule has 5 rings (SSSR count). The van der Waals surface area contributed by atoms with Gasteiger partial charge < -0.3 is 14.7 Å². The van der Waals surface area contributed by atoms with Gasteiger partial charge >= 0.3 is 0 Å². The Morgan fingerprint density at radius 1 is 1.18 bits per heavy atom. The molecular formula is C20H25N5O3. The highest BCUT2D eigenvalue weighted by atomic mass is 16.5. The molecule has 8 heteroatoms. The maximum atomic E-state index is 13.3. The Hall–Kier alpha value is -2.48. The smallest absolute Gasteiger partial charge is 0.259 e. The van der Waals surface area contributed by atoms with Crippen molar-refractivity contribution in [3.8, 4) is 0 Å². The Bertz CT molecular complexity index is 923. The highest BCUT2D eigenvalue weighted by molar-refractivity contribution is 6.06. The van der Waals surface area contributed by atoms with E-state index in [0.29, 0.717) is 61.7 Å². The maximum absolute atomic E-state index is 13.3. The lowest BCUT2D eigenvalue weighted by atomic mass is 10.1. The van der Waals surface area contributed by atoms with Gasteiger partial charge in [-0.15, -0.1) is 0 Å². The number of nitrogens with one attached hydrogen (secondary N) is 1. The molecule has 8 nitrogen and oxygen atoms in total. The summed E-state index contributed by atoms with van der Waals surface area (Å²) in [6.07, 6.45) is 4.42. The van der Waals surface area contributed by atoms with E-state index in [1.165, 1.54) is 0 Å². The van der Waals surface area contributed by atoms with Gasteiger partial charge in [0.25, 0.3) is 11.6 Å². The summed E-state index contributed by atoms with van der Waals surface area (Å²) in [7, 11) is 0. The Balaban J connectivity index is 1.29. The van der Waals surface area contributed by atoms with Crippen LogP contribution in [0, 0.1) is 6.92 Å². The maximum Gasteiger partial charge on any atom is 0.259 e. The molecule has 0 aromatic carbocycles. The second-order valence-electron chi connectivity index (χ2n) is 8.23. The van der Waals surface area contributed by atoms with E-state index in [4.69, 9.17) is 4.52 Å². The number of carbonyl (C=O) groups excluding carboxylic acids is 2. The first kappa shape index (κ1) is 17.6. The summed E-state index contributed by atoms with van der Waals surface area (Å²) >= 11 is 0. The van der Waals surface area contributed by atoms with Crippen molar-refractivity contribution in [2.75, 3.05) is 32.7 Å². The summed E-state index contributed by atoms with van der Waals surface area (Å²) in [4.78, 5) is 33.8. The van der Waals surface area contributed by atoms with E-state index in [0.717, 1.165) is 36.8 Å². The molecule has 1 aliphatic heterocycles. The lowest BCUT2D eigenvalue weighted by Crippen LogP contribution is -2.51. The normalized spacial score (nSPS) is 20.5. The van der Waals surface area contributed by atoms with Gasteiger partial charge in [0.1, 0.15) is 0 Å². The molecular weight excluding hydrogens is 358 g/mol. The summed E-state index contributed by atoms with van der Waals surface area (Å²) in [6.45, 7) is 4.89. The van der Waals surface area contributed by atoms with Crippen molar-refractivity contribution in [3.63, 3.8) is 0 Å². The minimum atomic E-state index is 0.00248. The molecule has 0 radical (unpaired) electrons. The lowest BCUT2D eigenvalue weighted by Gasteiger charge is -2.34. The van der Waals surface area contributed by atoms with Crippen LogP contribution in [-0.2, 0) is 4.79 Å². The fraction of sp³-hybridized carbons (Fsp3) is 0.600. The summed E-state index contributed by atoms with van der Waals surface area (Å²) in [6, 6.07) is 2.32. The number of nitrogens with zero attached hydrogens (tertiary/aromatic N) is 4. The molecule has 28 heavy (non-hydrogen) atoms. The predicted octanol–water partition coefficient (Wildman–Crippen LogP) is 1.45. The van der Waals surface area contributed by atoms with Crippen LogP contribution >= 0.6 is 0 Å². The predicted molar refractivity (Wildman–Crippen MR) is 102 cm³/mol. The van der Waals surface area contributed by atoms with Crippen LogP contribution < -0.4 is 5.32 Å². The van der Waals surface area contributed by atoms with E-state index in [1.807, 2.05) is 17.9 Å². The third-order valence-electron chi connectivity index (χ3n) is 5.83. The van der Waals surface area contributed by atoms with Crippen molar-refractivity contribution in [1.29, 1.82) is 0 Å². The van der Waals surface area contributed by atoms with Gasteiger partial charge in [0.05, 0.1) is 23.2 Å². The summed E-state index contributed by atoms with van der Waals surface area (Å²) in [5, 5.41) is 7.76. The van der Waals surface area contributed by atoms with Crippen LogP contribution in [0.5, 0.6) is 0 Å². The zero-order chi connectivity index (χ0) is 19.3. The van der Waals surface area contributed by atoms with Crippen LogP contribution in [0.2, 0.25) is 0 Å². The summed E-state index contributed by atoms with van der Waals surface area (Å²) in [5.41, 5.74) is 2.73. The van der Waals surface area contributed by atoms with E-state index < -0.39 is 0 Å². The molecule has 2 aromatic heterocycles. The number of fused-ring (bicyclic) bond motifs is 1. The Kier molecular flexibility index (Phi) is 4.30.